The zero-order valence-corrected chi connectivity index (χ0v) is 29.7. The van der Waals surface area contributed by atoms with Crippen LogP contribution < -0.4 is 5.32 Å². The third kappa shape index (κ3) is 8.80. The fourth-order valence-electron chi connectivity index (χ4n) is 6.27. The number of imide groups is 1. The molecule has 0 radical (unpaired) electrons. The number of tetrazole rings is 1. The first-order valence-corrected chi connectivity index (χ1v) is 18.2. The van der Waals surface area contributed by atoms with Crippen molar-refractivity contribution in [2.45, 2.75) is 62.3 Å². The van der Waals surface area contributed by atoms with Gasteiger partial charge in [-0.05, 0) is 49.9 Å². The van der Waals surface area contributed by atoms with Gasteiger partial charge in [0.15, 0.2) is 6.29 Å². The average molecular weight is 735 g/mol. The van der Waals surface area contributed by atoms with E-state index in [0.717, 1.165) is 38.9 Å². The summed E-state index contributed by atoms with van der Waals surface area (Å²) in [6.45, 7) is 0.108. The van der Waals surface area contributed by atoms with Gasteiger partial charge in [-0.15, -0.1) is 5.10 Å². The van der Waals surface area contributed by atoms with Crippen molar-refractivity contribution in [1.82, 2.24) is 30.4 Å². The number of hydrogen-bond acceptors (Lipinski definition) is 11. The molecule has 7 rings (SSSR count). The van der Waals surface area contributed by atoms with Gasteiger partial charge in [-0.2, -0.15) is 0 Å². The minimum absolute atomic E-state index is 0.0296. The SMILES string of the molecule is Cn1nnnc1SC[C@@H]1C[C@H](c2ccc(CO)cc2)O[C@H](c2ccc(-c3cccc(CN4C(=O)CC(NC(=O)OCc5ccccc5)C4=O)c3)cc2)O1. The Morgan fingerprint density at radius 1 is 0.906 bits per heavy atom. The highest BCUT2D eigenvalue weighted by atomic mass is 32.2. The number of rotatable bonds is 12. The lowest BCUT2D eigenvalue weighted by Crippen LogP contribution is -2.41. The maximum Gasteiger partial charge on any atom is 0.408 e. The topological polar surface area (TPSA) is 158 Å². The third-order valence-corrected chi connectivity index (χ3v) is 10.3. The van der Waals surface area contributed by atoms with Gasteiger partial charge in [0, 0.05) is 24.8 Å². The molecule has 3 heterocycles. The van der Waals surface area contributed by atoms with Crippen LogP contribution in [0.25, 0.3) is 11.1 Å². The summed E-state index contributed by atoms with van der Waals surface area (Å²) in [5, 5.41) is 24.5. The number of carbonyl (C=O) groups excluding carboxylic acids is 3. The zero-order chi connectivity index (χ0) is 36.7. The van der Waals surface area contributed by atoms with Crippen LogP contribution in [0, 0.1) is 0 Å². The molecule has 2 fully saturated rings. The standard InChI is InChI=1S/C39H38N6O7S/c1-44-38(41-42-43-44)53-24-32-19-34(29-12-10-25(22-46)11-13-29)52-37(51-32)30-16-14-28(15-17-30)31-9-5-8-27(18-31)21-45-35(47)20-33(36(45)48)40-39(49)50-23-26-6-3-2-4-7-26/h2-18,32-34,37,46H,19-24H2,1H3,(H,40,49)/t32-,33?,34+,37+/m0/s1. The molecule has 3 amide bonds. The lowest BCUT2D eigenvalue weighted by atomic mass is 9.99. The molecule has 13 nitrogen and oxygen atoms in total. The summed E-state index contributed by atoms with van der Waals surface area (Å²) in [6, 6.07) is 31.6. The molecule has 2 aliphatic rings. The van der Waals surface area contributed by atoms with Crippen LogP contribution in [-0.4, -0.2) is 66.0 Å². The Morgan fingerprint density at radius 3 is 2.40 bits per heavy atom. The monoisotopic (exact) mass is 734 g/mol. The first-order chi connectivity index (χ1) is 25.8. The summed E-state index contributed by atoms with van der Waals surface area (Å²) >= 11 is 1.52. The van der Waals surface area contributed by atoms with Crippen LogP contribution in [0.3, 0.4) is 0 Å². The largest absolute Gasteiger partial charge is 0.445 e. The van der Waals surface area contributed by atoms with E-state index in [1.54, 1.807) is 11.7 Å². The maximum absolute atomic E-state index is 13.1. The summed E-state index contributed by atoms with van der Waals surface area (Å²) in [7, 11) is 1.80. The number of carbonyl (C=O) groups is 3. The molecule has 2 N–H and O–H groups in total. The van der Waals surface area contributed by atoms with Crippen molar-refractivity contribution in [2.24, 2.45) is 7.05 Å². The molecule has 14 heteroatoms. The van der Waals surface area contributed by atoms with Crippen LogP contribution in [0.4, 0.5) is 4.79 Å². The van der Waals surface area contributed by atoms with Gasteiger partial charge >= 0.3 is 6.09 Å². The Morgan fingerprint density at radius 2 is 1.66 bits per heavy atom. The normalized spacial score (nSPS) is 20.1. The Balaban J connectivity index is 1.000. The lowest BCUT2D eigenvalue weighted by Gasteiger charge is -2.36. The molecule has 1 aromatic heterocycles. The predicted octanol–water partition coefficient (Wildman–Crippen LogP) is 5.26. The van der Waals surface area contributed by atoms with Gasteiger partial charge < -0.3 is 24.6 Å². The summed E-state index contributed by atoms with van der Waals surface area (Å²) < 4.78 is 19.8. The summed E-state index contributed by atoms with van der Waals surface area (Å²) in [5.41, 5.74) is 6.11. The molecule has 4 atom stereocenters. The van der Waals surface area contributed by atoms with Crippen molar-refractivity contribution in [1.29, 1.82) is 0 Å². The van der Waals surface area contributed by atoms with Crippen LogP contribution in [-0.2, 0) is 50.6 Å². The van der Waals surface area contributed by atoms with E-state index in [0.29, 0.717) is 17.3 Å². The second-order valence-electron chi connectivity index (χ2n) is 12.8. The lowest BCUT2D eigenvalue weighted by molar-refractivity contribution is -0.245. The van der Waals surface area contributed by atoms with Crippen molar-refractivity contribution in [2.75, 3.05) is 5.75 Å². The highest BCUT2D eigenvalue weighted by molar-refractivity contribution is 7.99. The first-order valence-electron chi connectivity index (χ1n) is 17.2. The highest BCUT2D eigenvalue weighted by Gasteiger charge is 2.40. The van der Waals surface area contributed by atoms with Gasteiger partial charge in [-0.3, -0.25) is 14.5 Å². The molecule has 2 saturated heterocycles. The fraction of sp³-hybridized carbons (Fsp3) is 0.282. The van der Waals surface area contributed by atoms with E-state index in [1.165, 1.54) is 16.7 Å². The average Bonchev–Trinajstić information content (AvgIpc) is 3.73. The number of benzene rings is 4. The van der Waals surface area contributed by atoms with Gasteiger partial charge in [0.25, 0.3) is 5.91 Å². The molecule has 0 spiro atoms. The number of aromatic nitrogens is 4. The van der Waals surface area contributed by atoms with Gasteiger partial charge in [-0.25, -0.2) is 9.48 Å². The number of hydrogen-bond donors (Lipinski definition) is 2. The molecule has 5 aromatic rings. The van der Waals surface area contributed by atoms with Gasteiger partial charge in [-0.1, -0.05) is 109 Å². The number of ether oxygens (including phenoxy) is 3. The highest BCUT2D eigenvalue weighted by Crippen LogP contribution is 2.39. The van der Waals surface area contributed by atoms with E-state index < -0.39 is 24.3 Å². The third-order valence-electron chi connectivity index (χ3n) is 9.13. The number of aryl methyl sites for hydroxylation is 1. The molecular formula is C39H38N6O7S. The van der Waals surface area contributed by atoms with E-state index in [9.17, 15) is 19.5 Å². The zero-order valence-electron chi connectivity index (χ0n) is 28.9. The molecule has 0 bridgehead atoms. The Kier molecular flexibility index (Phi) is 11.2. The molecule has 272 valence electrons. The maximum atomic E-state index is 13.1. The molecule has 2 aliphatic heterocycles. The molecular weight excluding hydrogens is 697 g/mol. The number of amides is 3. The van der Waals surface area contributed by atoms with Crippen molar-refractivity contribution in [3.05, 3.63) is 131 Å². The predicted molar refractivity (Wildman–Crippen MR) is 194 cm³/mol. The molecule has 0 saturated carbocycles. The number of thioether (sulfide) groups is 1. The van der Waals surface area contributed by atoms with Crippen LogP contribution >= 0.6 is 11.8 Å². The number of aliphatic hydroxyl groups excluding tert-OH is 1. The number of likely N-dealkylation sites (tertiary alicyclic amines) is 1. The molecule has 4 aromatic carbocycles. The van der Waals surface area contributed by atoms with E-state index in [4.69, 9.17) is 14.2 Å². The van der Waals surface area contributed by atoms with Crippen LogP contribution in [0.15, 0.2) is 108 Å². The number of nitrogens with one attached hydrogen (secondary N) is 1. The van der Waals surface area contributed by atoms with Crippen LogP contribution in [0.1, 0.15) is 53.1 Å². The van der Waals surface area contributed by atoms with Crippen LogP contribution in [0.2, 0.25) is 0 Å². The quantitative estimate of drug-likeness (QED) is 0.127. The van der Waals surface area contributed by atoms with Crippen molar-refractivity contribution in [3.8, 4) is 11.1 Å². The Bertz CT molecular complexity index is 2040. The Labute approximate surface area is 310 Å². The summed E-state index contributed by atoms with van der Waals surface area (Å²) in [6.07, 6.45) is -1.25. The van der Waals surface area contributed by atoms with Crippen molar-refractivity contribution >= 4 is 29.7 Å². The van der Waals surface area contributed by atoms with Crippen molar-refractivity contribution < 1.29 is 33.7 Å². The number of nitrogens with zero attached hydrogens (tertiary/aromatic N) is 5. The van der Waals surface area contributed by atoms with E-state index in [1.807, 2.05) is 103 Å². The summed E-state index contributed by atoms with van der Waals surface area (Å²) in [5.74, 6) is -0.207. The number of aliphatic hydroxyl groups is 1. The molecule has 0 aliphatic carbocycles. The minimum Gasteiger partial charge on any atom is -0.445 e. The smallest absolute Gasteiger partial charge is 0.408 e. The molecule has 1 unspecified atom stereocenters. The molecule has 53 heavy (non-hydrogen) atoms. The van der Waals surface area contributed by atoms with E-state index >= 15 is 0 Å². The van der Waals surface area contributed by atoms with E-state index in [-0.39, 0.29) is 44.3 Å². The number of alkyl carbamates (subject to hydrolysis) is 1. The second-order valence-corrected chi connectivity index (χ2v) is 13.8. The van der Waals surface area contributed by atoms with Crippen LogP contribution in [0.5, 0.6) is 0 Å². The van der Waals surface area contributed by atoms with Gasteiger partial charge in [0.2, 0.25) is 11.1 Å². The first kappa shape index (κ1) is 36.0. The fourth-order valence-corrected chi connectivity index (χ4v) is 7.13. The van der Waals surface area contributed by atoms with E-state index in [2.05, 4.69) is 20.8 Å². The summed E-state index contributed by atoms with van der Waals surface area (Å²) in [4.78, 5) is 39.5. The van der Waals surface area contributed by atoms with Gasteiger partial charge in [0.05, 0.1) is 31.8 Å². The van der Waals surface area contributed by atoms with Gasteiger partial charge in [0.1, 0.15) is 12.6 Å². The minimum atomic E-state index is -0.979. The second kappa shape index (κ2) is 16.5. The van der Waals surface area contributed by atoms with Crippen molar-refractivity contribution in [3.63, 3.8) is 0 Å². The Hall–Kier alpha value is -5.41.